The summed E-state index contributed by atoms with van der Waals surface area (Å²) in [5, 5.41) is 0. The molecule has 0 saturated heterocycles. The van der Waals surface area contributed by atoms with Gasteiger partial charge in [0, 0.05) is 45.1 Å². The van der Waals surface area contributed by atoms with Crippen molar-refractivity contribution < 1.29 is 20.8 Å². The molecular formula is C13H18Cl2N2Zr. The summed E-state index contributed by atoms with van der Waals surface area (Å²) < 4.78 is 0. The Bertz CT molecular complexity index is 431. The molecule has 0 saturated carbocycles. The number of fused-ring (bicyclic) bond motifs is 1. The first-order chi connectivity index (χ1) is 8.52. The Morgan fingerprint density at radius 1 is 1.00 bits per heavy atom. The summed E-state index contributed by atoms with van der Waals surface area (Å²) in [6.07, 6.45) is 5.53. The van der Waals surface area contributed by atoms with E-state index in [2.05, 4.69) is 62.3 Å². The number of benzene rings is 1. The predicted molar refractivity (Wildman–Crippen MR) is 79.5 cm³/mol. The summed E-state index contributed by atoms with van der Waals surface area (Å²) in [4.78, 5) is 4.36. The topological polar surface area (TPSA) is 6.48 Å². The molecule has 0 N–H and O–H groups in total. The van der Waals surface area contributed by atoms with E-state index in [1.54, 1.807) is 0 Å². The average Bonchev–Trinajstić information content (AvgIpc) is 2.76. The molecule has 1 aliphatic rings. The molecule has 0 unspecified atom stereocenters. The van der Waals surface area contributed by atoms with Crippen molar-refractivity contribution in [3.63, 3.8) is 0 Å². The predicted octanol–water partition coefficient (Wildman–Crippen LogP) is 3.76. The van der Waals surface area contributed by atoms with E-state index in [0.717, 1.165) is 6.42 Å². The van der Waals surface area contributed by atoms with Crippen LogP contribution in [0.15, 0.2) is 18.2 Å². The maximum absolute atomic E-state index is 4.93. The van der Waals surface area contributed by atoms with Gasteiger partial charge in [0.2, 0.25) is 0 Å². The number of hydrogen-bond acceptors (Lipinski definition) is 2. The number of hydrogen-bond donors (Lipinski definition) is 0. The number of nitrogens with zero attached hydrogens (tertiary/aromatic N) is 2. The zero-order chi connectivity index (χ0) is 13.7. The van der Waals surface area contributed by atoms with E-state index in [0.29, 0.717) is 0 Å². The molecule has 98 valence electrons. The van der Waals surface area contributed by atoms with Crippen molar-refractivity contribution in [2.24, 2.45) is 0 Å². The summed E-state index contributed by atoms with van der Waals surface area (Å²) in [5.41, 5.74) is 5.47. The van der Waals surface area contributed by atoms with Crippen molar-refractivity contribution in [3.8, 4) is 0 Å². The molecule has 0 atom stereocenters. The van der Waals surface area contributed by atoms with E-state index < -0.39 is 20.8 Å². The minimum absolute atomic E-state index is 0.826. The molecule has 0 amide bonds. The zero-order valence-electron chi connectivity index (χ0n) is 11.2. The van der Waals surface area contributed by atoms with Crippen LogP contribution in [0.1, 0.15) is 11.1 Å². The van der Waals surface area contributed by atoms with Crippen LogP contribution < -0.4 is 9.80 Å². The normalized spacial score (nSPS) is 11.4. The number of rotatable bonds is 2. The average molecular weight is 364 g/mol. The Morgan fingerprint density at radius 2 is 1.50 bits per heavy atom. The molecule has 18 heavy (non-hydrogen) atoms. The van der Waals surface area contributed by atoms with Crippen LogP contribution in [0, 0.1) is 0 Å². The van der Waals surface area contributed by atoms with Crippen LogP contribution in [0.5, 0.6) is 0 Å². The van der Waals surface area contributed by atoms with Gasteiger partial charge in [-0.2, -0.15) is 0 Å². The SMILES string of the molecule is CN(C)c1ccc(N(C)C)c2c1C=CC2.[Cl][Zr][Cl]. The van der Waals surface area contributed by atoms with E-state index >= 15 is 0 Å². The van der Waals surface area contributed by atoms with Crippen molar-refractivity contribution in [1.82, 2.24) is 0 Å². The molecule has 1 aromatic rings. The Kier molecular flexibility index (Phi) is 6.76. The maximum atomic E-state index is 4.93. The Labute approximate surface area is 128 Å². The van der Waals surface area contributed by atoms with Gasteiger partial charge in [-0.15, -0.1) is 0 Å². The molecule has 0 fully saturated rings. The van der Waals surface area contributed by atoms with Crippen LogP contribution in [0.4, 0.5) is 11.4 Å². The molecule has 0 spiro atoms. The first-order valence-electron chi connectivity index (χ1n) is 5.66. The summed E-state index contributed by atoms with van der Waals surface area (Å²) in [7, 11) is 18.3. The molecule has 5 heteroatoms. The van der Waals surface area contributed by atoms with Gasteiger partial charge in [0.05, 0.1) is 0 Å². The summed E-state index contributed by atoms with van der Waals surface area (Å²) >= 11 is -0.826. The third-order valence-corrected chi connectivity index (χ3v) is 2.88. The first kappa shape index (κ1) is 16.1. The van der Waals surface area contributed by atoms with Gasteiger partial charge < -0.3 is 9.80 Å². The van der Waals surface area contributed by atoms with E-state index in [1.807, 2.05) is 0 Å². The van der Waals surface area contributed by atoms with Crippen molar-refractivity contribution in [3.05, 3.63) is 29.3 Å². The van der Waals surface area contributed by atoms with Crippen LogP contribution >= 0.6 is 17.0 Å². The van der Waals surface area contributed by atoms with E-state index in [1.165, 1.54) is 22.5 Å². The van der Waals surface area contributed by atoms with Crippen molar-refractivity contribution in [1.29, 1.82) is 0 Å². The van der Waals surface area contributed by atoms with Gasteiger partial charge in [-0.05, 0) is 24.1 Å². The van der Waals surface area contributed by atoms with Crippen LogP contribution in [-0.4, -0.2) is 28.2 Å². The van der Waals surface area contributed by atoms with Gasteiger partial charge in [0.15, 0.2) is 0 Å². The summed E-state index contributed by atoms with van der Waals surface area (Å²) in [6, 6.07) is 4.41. The summed E-state index contributed by atoms with van der Waals surface area (Å²) in [5.74, 6) is 0. The quantitative estimate of drug-likeness (QED) is 0.788. The van der Waals surface area contributed by atoms with E-state index in [4.69, 9.17) is 17.0 Å². The second kappa shape index (κ2) is 7.57. The fourth-order valence-corrected chi connectivity index (χ4v) is 2.14. The van der Waals surface area contributed by atoms with Crippen LogP contribution in [-0.2, 0) is 27.3 Å². The fraction of sp³-hybridized carbons (Fsp3) is 0.385. The Hall–Kier alpha value is 0.0231. The van der Waals surface area contributed by atoms with Gasteiger partial charge >= 0.3 is 37.9 Å². The van der Waals surface area contributed by atoms with Crippen LogP contribution in [0.2, 0.25) is 0 Å². The van der Waals surface area contributed by atoms with Gasteiger partial charge in [-0.1, -0.05) is 12.2 Å². The van der Waals surface area contributed by atoms with Crippen LogP contribution in [0.3, 0.4) is 0 Å². The van der Waals surface area contributed by atoms with Crippen molar-refractivity contribution >= 4 is 34.5 Å². The van der Waals surface area contributed by atoms with Crippen LogP contribution in [0.25, 0.3) is 6.08 Å². The van der Waals surface area contributed by atoms with E-state index in [9.17, 15) is 0 Å². The zero-order valence-corrected chi connectivity index (χ0v) is 15.1. The second-order valence-electron chi connectivity index (χ2n) is 4.46. The fourth-order valence-electron chi connectivity index (χ4n) is 2.14. The van der Waals surface area contributed by atoms with Gasteiger partial charge in [-0.25, -0.2) is 0 Å². The minimum atomic E-state index is -0.826. The third kappa shape index (κ3) is 3.76. The molecular weight excluding hydrogens is 346 g/mol. The molecule has 1 aliphatic carbocycles. The number of halogens is 2. The second-order valence-corrected chi connectivity index (χ2v) is 8.19. The number of anilines is 2. The monoisotopic (exact) mass is 362 g/mol. The van der Waals surface area contributed by atoms with Crippen molar-refractivity contribution in [2.75, 3.05) is 38.0 Å². The summed E-state index contributed by atoms with van der Waals surface area (Å²) in [6.45, 7) is 0. The molecule has 2 nitrogen and oxygen atoms in total. The Morgan fingerprint density at radius 3 is 2.00 bits per heavy atom. The standard InChI is InChI=1S/C13H18N2.2ClH.Zr/c1-14(2)12-8-9-13(15(3)4)11-7-5-6-10(11)12;;;/h5-6,8-9H,7H2,1-4H3;2*1H;/q;;;+2/p-2. The molecule has 0 bridgehead atoms. The molecule has 2 rings (SSSR count). The van der Waals surface area contributed by atoms with E-state index in [-0.39, 0.29) is 0 Å². The Balaban J connectivity index is 0.000000492. The molecule has 0 aromatic heterocycles. The number of allylic oxidation sites excluding steroid dienone is 1. The molecule has 0 heterocycles. The van der Waals surface area contributed by atoms with Gasteiger partial charge in [-0.3, -0.25) is 0 Å². The van der Waals surface area contributed by atoms with Gasteiger partial charge in [0.25, 0.3) is 0 Å². The van der Waals surface area contributed by atoms with Gasteiger partial charge in [0.1, 0.15) is 0 Å². The van der Waals surface area contributed by atoms with Crippen molar-refractivity contribution in [2.45, 2.75) is 6.42 Å². The third-order valence-electron chi connectivity index (χ3n) is 2.88. The first-order valence-corrected chi connectivity index (χ1v) is 12.0. The molecule has 0 aliphatic heterocycles. The molecule has 1 aromatic carbocycles. The molecule has 0 radical (unpaired) electrons.